The van der Waals surface area contributed by atoms with Crippen LogP contribution in [0.1, 0.15) is 55.7 Å². The molecule has 0 aliphatic carbocycles. The van der Waals surface area contributed by atoms with E-state index < -0.39 is 10.0 Å². The molecular formula is C20H27N3O3S. The van der Waals surface area contributed by atoms with E-state index in [0.29, 0.717) is 30.5 Å². The van der Waals surface area contributed by atoms with Crippen LogP contribution >= 0.6 is 0 Å². The minimum absolute atomic E-state index is 0.0694. The second-order valence-electron chi connectivity index (χ2n) is 7.52. The Balaban J connectivity index is 1.64. The van der Waals surface area contributed by atoms with Gasteiger partial charge in [0.1, 0.15) is 5.82 Å². The van der Waals surface area contributed by atoms with Crippen molar-refractivity contribution in [1.29, 1.82) is 0 Å². The van der Waals surface area contributed by atoms with Gasteiger partial charge in [0.25, 0.3) is 0 Å². The first-order valence-electron chi connectivity index (χ1n) is 9.41. The fourth-order valence-electron chi connectivity index (χ4n) is 3.60. The minimum Gasteiger partial charge on any atom is -0.334 e. The topological polar surface area (TPSA) is 72.3 Å². The van der Waals surface area contributed by atoms with Crippen LogP contribution in [0.4, 0.5) is 0 Å². The lowest BCUT2D eigenvalue weighted by Crippen LogP contribution is -2.39. The van der Waals surface area contributed by atoms with Crippen LogP contribution in [0.15, 0.2) is 41.6 Å². The molecule has 6 nitrogen and oxygen atoms in total. The van der Waals surface area contributed by atoms with Gasteiger partial charge < -0.3 is 4.57 Å². The Hall–Kier alpha value is -1.99. The van der Waals surface area contributed by atoms with E-state index in [1.807, 2.05) is 12.4 Å². The van der Waals surface area contributed by atoms with Crippen LogP contribution in [-0.4, -0.2) is 41.1 Å². The number of sulfonamides is 1. The number of hydrogen-bond acceptors (Lipinski definition) is 4. The average Bonchev–Trinajstić information content (AvgIpc) is 3.10. The van der Waals surface area contributed by atoms with Crippen LogP contribution < -0.4 is 0 Å². The Morgan fingerprint density at radius 3 is 2.37 bits per heavy atom. The van der Waals surface area contributed by atoms with Gasteiger partial charge in [-0.05, 0) is 37.8 Å². The van der Waals surface area contributed by atoms with Crippen LogP contribution in [0.25, 0.3) is 0 Å². The van der Waals surface area contributed by atoms with Crippen molar-refractivity contribution in [3.8, 4) is 0 Å². The average molecular weight is 390 g/mol. The summed E-state index contributed by atoms with van der Waals surface area (Å²) in [5.74, 6) is 1.83. The van der Waals surface area contributed by atoms with E-state index in [-0.39, 0.29) is 10.7 Å². The molecule has 2 aromatic rings. The molecule has 0 unspecified atom stereocenters. The molecule has 0 N–H and O–H groups in total. The lowest BCUT2D eigenvalue weighted by molar-refractivity contribution is 0.101. The summed E-state index contributed by atoms with van der Waals surface area (Å²) in [5, 5.41) is 0. The number of rotatable bonds is 6. The molecule has 1 aromatic carbocycles. The summed E-state index contributed by atoms with van der Waals surface area (Å²) in [4.78, 5) is 16.1. The fraction of sp³-hybridized carbons (Fsp3) is 0.500. The fourth-order valence-corrected chi connectivity index (χ4v) is 5.07. The molecular weight excluding hydrogens is 362 g/mol. The number of benzene rings is 1. The number of carbonyl (C=O) groups excluding carboxylic acids is 1. The molecule has 1 aliphatic heterocycles. The molecule has 27 heavy (non-hydrogen) atoms. The van der Waals surface area contributed by atoms with E-state index in [1.54, 1.807) is 16.4 Å². The maximum Gasteiger partial charge on any atom is 0.243 e. The quantitative estimate of drug-likeness (QED) is 0.711. The van der Waals surface area contributed by atoms with Crippen molar-refractivity contribution in [2.24, 2.45) is 5.92 Å². The molecule has 1 aliphatic rings. The summed E-state index contributed by atoms with van der Waals surface area (Å²) in [6.07, 6.45) is 5.51. The van der Waals surface area contributed by atoms with Gasteiger partial charge >= 0.3 is 0 Å². The molecule has 0 saturated carbocycles. The van der Waals surface area contributed by atoms with Crippen molar-refractivity contribution in [3.63, 3.8) is 0 Å². The Bertz CT molecular complexity index is 893. The highest BCUT2D eigenvalue weighted by Gasteiger charge is 2.29. The molecule has 1 fully saturated rings. The Morgan fingerprint density at radius 1 is 1.19 bits per heavy atom. The third-order valence-corrected chi connectivity index (χ3v) is 7.10. The summed E-state index contributed by atoms with van der Waals surface area (Å²) in [5.41, 5.74) is 0.522. The normalized spacial score (nSPS) is 16.7. The lowest BCUT2D eigenvalue weighted by atomic mass is 9.98. The molecule has 7 heteroatoms. The van der Waals surface area contributed by atoms with Crippen molar-refractivity contribution in [3.05, 3.63) is 48.0 Å². The first-order chi connectivity index (χ1) is 12.8. The van der Waals surface area contributed by atoms with Gasteiger partial charge in [-0.3, -0.25) is 4.79 Å². The largest absolute Gasteiger partial charge is 0.334 e. The van der Waals surface area contributed by atoms with E-state index in [9.17, 15) is 13.2 Å². The summed E-state index contributed by atoms with van der Waals surface area (Å²) in [6, 6.07) is 6.21. The number of nitrogens with zero attached hydrogens (tertiary/aromatic N) is 3. The molecule has 0 spiro atoms. The van der Waals surface area contributed by atoms with Crippen LogP contribution in [0.3, 0.4) is 0 Å². The van der Waals surface area contributed by atoms with E-state index >= 15 is 0 Å². The van der Waals surface area contributed by atoms with Gasteiger partial charge in [-0.25, -0.2) is 13.4 Å². The second kappa shape index (κ2) is 7.94. The third-order valence-electron chi connectivity index (χ3n) is 5.19. The molecule has 0 atom stereocenters. The number of Topliss-reactive ketones (excluding diaryl/α,β-unsaturated/α-hetero) is 1. The summed E-state index contributed by atoms with van der Waals surface area (Å²) in [6.45, 7) is 7.66. The molecule has 2 heterocycles. The number of aromatic nitrogens is 2. The van der Waals surface area contributed by atoms with E-state index in [4.69, 9.17) is 0 Å². The maximum atomic E-state index is 12.9. The Labute approximate surface area is 161 Å². The third kappa shape index (κ3) is 4.30. The van der Waals surface area contributed by atoms with Crippen molar-refractivity contribution in [1.82, 2.24) is 13.9 Å². The van der Waals surface area contributed by atoms with Gasteiger partial charge in [-0.2, -0.15) is 4.31 Å². The summed E-state index contributed by atoms with van der Waals surface area (Å²) < 4.78 is 29.5. The zero-order chi connectivity index (χ0) is 19.6. The molecule has 0 radical (unpaired) electrons. The highest BCUT2D eigenvalue weighted by Crippen LogP contribution is 2.26. The predicted octanol–water partition coefficient (Wildman–Crippen LogP) is 3.31. The van der Waals surface area contributed by atoms with Crippen molar-refractivity contribution in [2.45, 2.75) is 51.0 Å². The Kier molecular flexibility index (Phi) is 5.81. The molecule has 3 rings (SSSR count). The van der Waals surface area contributed by atoms with Crippen LogP contribution in [0, 0.1) is 5.92 Å². The van der Waals surface area contributed by atoms with Crippen LogP contribution in [0.2, 0.25) is 0 Å². The van der Waals surface area contributed by atoms with Crippen molar-refractivity contribution >= 4 is 15.8 Å². The number of ketones is 1. The summed E-state index contributed by atoms with van der Waals surface area (Å²) >= 11 is 0. The second-order valence-corrected chi connectivity index (χ2v) is 9.46. The first kappa shape index (κ1) is 19.8. The number of imidazole rings is 1. The molecule has 1 aromatic heterocycles. The highest BCUT2D eigenvalue weighted by atomic mass is 32.2. The number of hydrogen-bond donors (Lipinski definition) is 0. The first-order valence-corrected chi connectivity index (χ1v) is 10.8. The summed E-state index contributed by atoms with van der Waals surface area (Å²) in [7, 11) is -3.51. The monoisotopic (exact) mass is 389 g/mol. The van der Waals surface area contributed by atoms with Crippen molar-refractivity contribution < 1.29 is 13.2 Å². The zero-order valence-electron chi connectivity index (χ0n) is 16.1. The van der Waals surface area contributed by atoms with Gasteiger partial charge in [0.2, 0.25) is 10.0 Å². The van der Waals surface area contributed by atoms with E-state index in [1.165, 1.54) is 19.1 Å². The van der Waals surface area contributed by atoms with E-state index in [2.05, 4.69) is 23.4 Å². The van der Waals surface area contributed by atoms with Gasteiger partial charge in [-0.15, -0.1) is 0 Å². The standard InChI is InChI=1S/C20H27N3O3S/c1-15(2)20-21-10-13-22(20)14-17-8-11-23(12-9-17)27(25,26)19-6-4-18(5-7-19)16(3)24/h4-7,10,13,15,17H,8-9,11-12,14H2,1-3H3. The van der Waals surface area contributed by atoms with Crippen molar-refractivity contribution in [2.75, 3.05) is 13.1 Å². The van der Waals surface area contributed by atoms with Crippen LogP contribution in [-0.2, 0) is 16.6 Å². The molecule has 1 saturated heterocycles. The molecule has 0 bridgehead atoms. The number of carbonyl (C=O) groups is 1. The van der Waals surface area contributed by atoms with Gasteiger partial charge in [0, 0.05) is 43.5 Å². The molecule has 146 valence electrons. The zero-order valence-corrected chi connectivity index (χ0v) is 16.9. The van der Waals surface area contributed by atoms with Gasteiger partial charge in [0.15, 0.2) is 5.78 Å². The lowest BCUT2D eigenvalue weighted by Gasteiger charge is -2.31. The number of piperidine rings is 1. The highest BCUT2D eigenvalue weighted by molar-refractivity contribution is 7.89. The smallest absolute Gasteiger partial charge is 0.243 e. The van der Waals surface area contributed by atoms with Gasteiger partial charge in [0.05, 0.1) is 4.90 Å². The Morgan fingerprint density at radius 2 is 1.81 bits per heavy atom. The van der Waals surface area contributed by atoms with Gasteiger partial charge in [-0.1, -0.05) is 26.0 Å². The SMILES string of the molecule is CC(=O)c1ccc(S(=O)(=O)N2CCC(Cn3ccnc3C(C)C)CC2)cc1. The molecule has 0 amide bonds. The van der Waals surface area contributed by atoms with Crippen LogP contribution in [0.5, 0.6) is 0 Å². The maximum absolute atomic E-state index is 12.9. The predicted molar refractivity (Wildman–Crippen MR) is 104 cm³/mol. The van der Waals surface area contributed by atoms with E-state index in [0.717, 1.165) is 25.2 Å². The minimum atomic E-state index is -3.51.